The molecule has 0 aliphatic carbocycles. The fourth-order valence-electron chi connectivity index (χ4n) is 7.66. The number of furan rings is 1. The van der Waals surface area contributed by atoms with Crippen molar-refractivity contribution >= 4 is 65.6 Å². The molecule has 0 unspecified atom stereocenters. The molecule has 0 amide bonds. The highest BCUT2D eigenvalue weighted by Crippen LogP contribution is 2.40. The number of para-hydroxylation sites is 4. The predicted molar refractivity (Wildman–Crippen MR) is 197 cm³/mol. The lowest BCUT2D eigenvalue weighted by atomic mass is 9.95. The summed E-state index contributed by atoms with van der Waals surface area (Å²) < 4.78 is 10.7. The third-order valence-corrected chi connectivity index (χ3v) is 9.80. The van der Waals surface area contributed by atoms with Crippen molar-refractivity contribution in [2.45, 2.75) is 0 Å². The highest BCUT2D eigenvalue weighted by Gasteiger charge is 2.19. The Morgan fingerprint density at radius 1 is 0.388 bits per heavy atom. The Morgan fingerprint density at radius 2 is 0.857 bits per heavy atom. The van der Waals surface area contributed by atoms with Crippen molar-refractivity contribution in [2.24, 2.45) is 0 Å². The molecule has 5 heteroatoms. The van der Waals surface area contributed by atoms with E-state index in [-0.39, 0.29) is 0 Å². The van der Waals surface area contributed by atoms with Crippen molar-refractivity contribution in [3.8, 4) is 34.6 Å². The highest BCUT2D eigenvalue weighted by atomic mass is 16.3. The van der Waals surface area contributed by atoms with E-state index in [0.717, 1.165) is 88.1 Å². The van der Waals surface area contributed by atoms with E-state index in [1.807, 2.05) is 78.9 Å². The van der Waals surface area contributed by atoms with Gasteiger partial charge in [-0.05, 0) is 60.7 Å². The Labute approximate surface area is 280 Å². The van der Waals surface area contributed by atoms with E-state index in [1.54, 1.807) is 0 Å². The molecule has 0 saturated heterocycles. The van der Waals surface area contributed by atoms with Gasteiger partial charge in [0.15, 0.2) is 0 Å². The largest absolute Gasteiger partial charge is 0.456 e. The molecular weight excluding hydrogens is 601 g/mol. The van der Waals surface area contributed by atoms with E-state index in [9.17, 15) is 10.5 Å². The maximum atomic E-state index is 10.5. The Morgan fingerprint density at radius 3 is 1.41 bits per heavy atom. The first kappa shape index (κ1) is 27.1. The number of aromatic nitrogens is 2. The molecule has 0 N–H and O–H groups in total. The van der Waals surface area contributed by atoms with E-state index in [2.05, 4.69) is 88.0 Å². The smallest absolute Gasteiger partial charge is 0.136 e. The molecule has 0 spiro atoms. The van der Waals surface area contributed by atoms with Crippen molar-refractivity contribution in [1.29, 1.82) is 10.5 Å². The van der Waals surface area contributed by atoms with Crippen LogP contribution in [0.25, 0.3) is 88.1 Å². The van der Waals surface area contributed by atoms with Crippen molar-refractivity contribution in [3.05, 3.63) is 157 Å². The number of benzene rings is 7. The zero-order valence-corrected chi connectivity index (χ0v) is 26.1. The van der Waals surface area contributed by atoms with Gasteiger partial charge in [-0.15, -0.1) is 0 Å². The Balaban J connectivity index is 1.15. The lowest BCUT2D eigenvalue weighted by molar-refractivity contribution is 0.669. The summed E-state index contributed by atoms with van der Waals surface area (Å²) >= 11 is 0. The van der Waals surface area contributed by atoms with Crippen LogP contribution >= 0.6 is 0 Å². The van der Waals surface area contributed by atoms with Crippen molar-refractivity contribution < 1.29 is 4.42 Å². The van der Waals surface area contributed by atoms with Gasteiger partial charge in [0.25, 0.3) is 0 Å². The maximum Gasteiger partial charge on any atom is 0.136 e. The summed E-state index contributed by atoms with van der Waals surface area (Å²) in [6.07, 6.45) is 0. The van der Waals surface area contributed by atoms with Gasteiger partial charge < -0.3 is 13.6 Å². The molecule has 49 heavy (non-hydrogen) atoms. The van der Waals surface area contributed by atoms with E-state index in [1.165, 1.54) is 0 Å². The third kappa shape index (κ3) is 3.85. The summed E-state index contributed by atoms with van der Waals surface area (Å²) in [7, 11) is 0. The van der Waals surface area contributed by atoms with Crippen molar-refractivity contribution in [2.75, 3.05) is 0 Å². The molecule has 3 heterocycles. The van der Waals surface area contributed by atoms with E-state index in [4.69, 9.17) is 4.42 Å². The first-order chi connectivity index (χ1) is 24.2. The topological polar surface area (TPSA) is 70.6 Å². The first-order valence-corrected chi connectivity index (χ1v) is 16.1. The summed E-state index contributed by atoms with van der Waals surface area (Å²) in [5, 5.41) is 27.6. The Hall–Kier alpha value is -7.08. The quantitative estimate of drug-likeness (QED) is 0.196. The molecule has 0 fully saturated rings. The molecule has 10 rings (SSSR count). The zero-order valence-electron chi connectivity index (χ0n) is 26.1. The molecule has 10 aromatic rings. The molecule has 3 aromatic heterocycles. The Kier molecular flexibility index (Phi) is 5.64. The van der Waals surface area contributed by atoms with Gasteiger partial charge in [0.2, 0.25) is 0 Å². The van der Waals surface area contributed by atoms with Gasteiger partial charge in [0.05, 0.1) is 45.3 Å². The lowest BCUT2D eigenvalue weighted by Crippen LogP contribution is -1.98. The van der Waals surface area contributed by atoms with E-state index >= 15 is 0 Å². The molecule has 0 aliphatic heterocycles. The summed E-state index contributed by atoms with van der Waals surface area (Å²) in [5.41, 5.74) is 10.2. The molecule has 226 valence electrons. The van der Waals surface area contributed by atoms with Gasteiger partial charge in [-0.25, -0.2) is 0 Å². The minimum atomic E-state index is 0.499. The van der Waals surface area contributed by atoms with Crippen LogP contribution in [0.4, 0.5) is 0 Å². The second-order valence-electron chi connectivity index (χ2n) is 12.4. The molecule has 0 radical (unpaired) electrons. The van der Waals surface area contributed by atoms with Crippen molar-refractivity contribution in [1.82, 2.24) is 9.13 Å². The number of fused-ring (bicyclic) bond motifs is 9. The normalized spacial score (nSPS) is 11.6. The molecule has 5 nitrogen and oxygen atoms in total. The monoisotopic (exact) mass is 624 g/mol. The van der Waals surface area contributed by atoms with E-state index in [0.29, 0.717) is 11.1 Å². The summed E-state index contributed by atoms with van der Waals surface area (Å²) in [6, 6.07) is 54.1. The Bertz CT molecular complexity index is 3030. The average Bonchev–Trinajstić information content (AvgIpc) is 3.80. The SMILES string of the molecule is N#Cc1cc(-n2c3ccccc3c3ccccc32)ccc1-c1ccc(-n2c3ccccc3c3cc4oc5ccccc5c4cc32)cc1C#N. The molecule has 0 atom stereocenters. The van der Waals surface area contributed by atoms with Gasteiger partial charge in [-0.1, -0.05) is 84.9 Å². The average molecular weight is 625 g/mol. The van der Waals surface area contributed by atoms with Crippen LogP contribution in [-0.2, 0) is 0 Å². The van der Waals surface area contributed by atoms with Crippen molar-refractivity contribution in [3.63, 3.8) is 0 Å². The number of nitrogens with zero attached hydrogens (tertiary/aromatic N) is 4. The highest BCUT2D eigenvalue weighted by molar-refractivity contribution is 6.17. The molecule has 7 aromatic carbocycles. The number of nitriles is 2. The van der Waals surface area contributed by atoms with Crippen LogP contribution in [0, 0.1) is 22.7 Å². The molecular formula is C44H24N4O. The summed E-state index contributed by atoms with van der Waals surface area (Å²) in [4.78, 5) is 0. The van der Waals surface area contributed by atoms with Gasteiger partial charge >= 0.3 is 0 Å². The van der Waals surface area contributed by atoms with Crippen LogP contribution in [0.5, 0.6) is 0 Å². The van der Waals surface area contributed by atoms with E-state index < -0.39 is 0 Å². The fraction of sp³-hybridized carbons (Fsp3) is 0. The van der Waals surface area contributed by atoms with Crippen LogP contribution in [0.15, 0.2) is 150 Å². The summed E-state index contributed by atoms with van der Waals surface area (Å²) in [6.45, 7) is 0. The first-order valence-electron chi connectivity index (χ1n) is 16.1. The van der Waals surface area contributed by atoms with Gasteiger partial charge in [-0.3, -0.25) is 0 Å². The minimum Gasteiger partial charge on any atom is -0.456 e. The maximum absolute atomic E-state index is 10.5. The second kappa shape index (κ2) is 10.2. The molecule has 0 saturated carbocycles. The van der Waals surface area contributed by atoms with Crippen LogP contribution in [0.1, 0.15) is 11.1 Å². The molecule has 0 aliphatic rings. The van der Waals surface area contributed by atoms with Crippen LogP contribution in [0.2, 0.25) is 0 Å². The minimum absolute atomic E-state index is 0.499. The third-order valence-electron chi connectivity index (χ3n) is 9.80. The summed E-state index contributed by atoms with van der Waals surface area (Å²) in [5.74, 6) is 0. The van der Waals surface area contributed by atoms with Crippen LogP contribution in [-0.4, -0.2) is 9.13 Å². The van der Waals surface area contributed by atoms with Gasteiger partial charge in [-0.2, -0.15) is 10.5 Å². The number of rotatable bonds is 3. The second-order valence-corrected chi connectivity index (χ2v) is 12.4. The van der Waals surface area contributed by atoms with Gasteiger partial charge in [0.1, 0.15) is 11.2 Å². The number of hydrogen-bond donors (Lipinski definition) is 0. The molecule has 0 bridgehead atoms. The van der Waals surface area contributed by atoms with Gasteiger partial charge in [0, 0.05) is 54.8 Å². The standard InChI is InChI=1S/C44H24N4O/c45-25-27-21-29(47-39-13-5-1-9-33(39)34-10-2-6-14-40(34)47)17-19-31(27)32-20-18-30(22-28(32)26-46)48-41-15-7-3-11-35(41)37-24-44-38(23-42(37)48)36-12-4-8-16-43(36)49-44/h1-24H. The zero-order chi connectivity index (χ0) is 32.6. The lowest BCUT2D eigenvalue weighted by Gasteiger charge is -2.14. The fourth-order valence-corrected chi connectivity index (χ4v) is 7.66. The predicted octanol–water partition coefficient (Wildman–Crippen LogP) is 11.2. The number of hydrogen-bond acceptors (Lipinski definition) is 3. The van der Waals surface area contributed by atoms with Crippen LogP contribution < -0.4 is 0 Å². The van der Waals surface area contributed by atoms with Crippen LogP contribution in [0.3, 0.4) is 0 Å².